The quantitative estimate of drug-likeness (QED) is 0.319. The zero-order valence-corrected chi connectivity index (χ0v) is 3.62. The average Bonchev–Trinajstić information content (AvgIpc) is 2.12. The lowest BCUT2D eigenvalue weighted by Crippen LogP contribution is -1.85. The number of halogens is 1. The Morgan fingerprint density at radius 3 is 2.60 bits per heavy atom. The summed E-state index contributed by atoms with van der Waals surface area (Å²) >= 11 is 4.61. The molecule has 1 saturated heterocycles. The van der Waals surface area contributed by atoms with E-state index in [0.717, 1.165) is 12.5 Å². The molecule has 2 heteroatoms. The topological polar surface area (TPSA) is 12.5 Å². The van der Waals surface area contributed by atoms with Crippen molar-refractivity contribution >= 4 is 0 Å². The van der Waals surface area contributed by atoms with Gasteiger partial charge in [-0.3, -0.25) is 0 Å². The van der Waals surface area contributed by atoms with Crippen LogP contribution in [0.1, 0.15) is 0 Å². The van der Waals surface area contributed by atoms with Crippen LogP contribution in [-0.2, 0) is 4.74 Å². The molecule has 1 atom stereocenters. The Bertz CT molecular complexity index is 33.9. The Hall–Kier alpha value is 0.250. The summed E-state index contributed by atoms with van der Waals surface area (Å²) in [6.07, 6.45) is 0.449. The first-order valence-corrected chi connectivity index (χ1v) is 2.21. The molecule has 0 N–H and O–H groups in total. The monoisotopic (exact) mass is 93.0 g/mol. The molecular formula is C3H6ClO+. The first kappa shape index (κ1) is 3.44. The maximum Gasteiger partial charge on any atom is 0.198 e. The smallest absolute Gasteiger partial charge is 0.198 e. The molecule has 0 amide bonds. The zero-order chi connectivity index (χ0) is 3.70. The van der Waals surface area contributed by atoms with Gasteiger partial charge in [0.25, 0.3) is 0 Å². The van der Waals surface area contributed by atoms with E-state index in [2.05, 4.69) is 11.6 Å². The van der Waals surface area contributed by atoms with Crippen molar-refractivity contribution in [3.8, 4) is 0 Å². The second-order valence-corrected chi connectivity index (χ2v) is 1.46. The van der Waals surface area contributed by atoms with Gasteiger partial charge in [0.05, 0.1) is 6.61 Å². The predicted molar refractivity (Wildman–Crippen MR) is 16.0 cm³/mol. The Labute approximate surface area is 35.9 Å². The van der Waals surface area contributed by atoms with Crippen LogP contribution in [0.2, 0.25) is 0 Å². The second-order valence-electron chi connectivity index (χ2n) is 1.12. The third-order valence-corrected chi connectivity index (χ3v) is 0.960. The summed E-state index contributed by atoms with van der Waals surface area (Å²) in [5.74, 6) is 0.778. The molecule has 0 aromatic heterocycles. The average molecular weight is 93.5 g/mol. The Kier molecular flexibility index (Phi) is 0.791. The lowest BCUT2D eigenvalue weighted by atomic mass is 10.6. The molecule has 1 aliphatic rings. The van der Waals surface area contributed by atoms with E-state index in [1.165, 1.54) is 0 Å². The van der Waals surface area contributed by atoms with Crippen LogP contribution in [0.5, 0.6) is 0 Å². The molecule has 1 heterocycles. The van der Waals surface area contributed by atoms with Crippen LogP contribution in [0.3, 0.4) is 0 Å². The molecule has 1 rings (SSSR count). The van der Waals surface area contributed by atoms with E-state index in [9.17, 15) is 0 Å². The van der Waals surface area contributed by atoms with Gasteiger partial charge in [0.1, 0.15) is 17.7 Å². The lowest BCUT2D eigenvalue weighted by Gasteiger charge is -1.58. The standard InChI is InChI=1S/C3H6ClO/c4-1-3-2-5-3/h3-4H,1-2H2/q+1. The third-order valence-electron chi connectivity index (χ3n) is 0.588. The normalized spacial score (nSPS) is 34.2. The molecular weight excluding hydrogens is 87.5 g/mol. The summed E-state index contributed by atoms with van der Waals surface area (Å²) in [5, 5.41) is 0. The molecule has 0 aromatic rings. The highest BCUT2D eigenvalue weighted by Gasteiger charge is 2.24. The minimum absolute atomic E-state index is 0.449. The van der Waals surface area contributed by atoms with Crippen molar-refractivity contribution in [1.82, 2.24) is 0 Å². The predicted octanol–water partition coefficient (Wildman–Crippen LogP) is -0.333. The fourth-order valence-corrected chi connectivity index (χ4v) is 0.357. The van der Waals surface area contributed by atoms with E-state index < -0.39 is 0 Å². The van der Waals surface area contributed by atoms with E-state index in [1.54, 1.807) is 0 Å². The lowest BCUT2D eigenvalue weighted by molar-refractivity contribution is -0.370. The van der Waals surface area contributed by atoms with Gasteiger partial charge in [-0.1, -0.05) is 0 Å². The van der Waals surface area contributed by atoms with Gasteiger partial charge in [0.15, 0.2) is 5.88 Å². The fraction of sp³-hybridized carbons (Fsp3) is 1.00. The molecule has 5 heavy (non-hydrogen) atoms. The number of ether oxygens (including phenoxy) is 1. The van der Waals surface area contributed by atoms with Gasteiger partial charge in [-0.05, 0) is 0 Å². The van der Waals surface area contributed by atoms with E-state index in [0.29, 0.717) is 6.10 Å². The van der Waals surface area contributed by atoms with Crippen LogP contribution in [0, 0.1) is 11.6 Å². The van der Waals surface area contributed by atoms with Crippen molar-refractivity contribution in [2.24, 2.45) is 0 Å². The minimum atomic E-state index is 0.449. The van der Waals surface area contributed by atoms with Gasteiger partial charge < -0.3 is 4.74 Å². The first-order valence-electron chi connectivity index (χ1n) is 1.63. The third kappa shape index (κ3) is 0.781. The van der Waals surface area contributed by atoms with Gasteiger partial charge >= 0.3 is 0 Å². The molecule has 1 nitrogen and oxygen atoms in total. The summed E-state index contributed by atoms with van der Waals surface area (Å²) < 4.78 is 4.75. The van der Waals surface area contributed by atoms with Crippen molar-refractivity contribution in [3.05, 3.63) is 0 Å². The summed E-state index contributed by atoms with van der Waals surface area (Å²) in [5.41, 5.74) is 0. The molecule has 1 unspecified atom stereocenters. The van der Waals surface area contributed by atoms with Crippen LogP contribution in [0.25, 0.3) is 0 Å². The molecule has 0 bridgehead atoms. The Morgan fingerprint density at radius 2 is 2.60 bits per heavy atom. The van der Waals surface area contributed by atoms with Gasteiger partial charge in [-0.15, -0.1) is 0 Å². The molecule has 0 aromatic carbocycles. The van der Waals surface area contributed by atoms with Gasteiger partial charge in [0.2, 0.25) is 0 Å². The van der Waals surface area contributed by atoms with Crippen LogP contribution >= 0.6 is 0 Å². The largest absolute Gasteiger partial charge is 0.367 e. The summed E-state index contributed by atoms with van der Waals surface area (Å²) in [6.45, 7) is 0.906. The summed E-state index contributed by atoms with van der Waals surface area (Å²) in [6, 6.07) is 0. The molecule has 0 spiro atoms. The van der Waals surface area contributed by atoms with E-state index in [1.807, 2.05) is 0 Å². The highest BCUT2D eigenvalue weighted by atomic mass is 35.5. The van der Waals surface area contributed by atoms with Crippen molar-refractivity contribution in [3.63, 3.8) is 0 Å². The number of epoxide rings is 1. The maximum absolute atomic E-state index is 4.75. The second kappa shape index (κ2) is 1.15. The SMILES string of the molecule is [ClH+]CC1CO1. The van der Waals surface area contributed by atoms with E-state index >= 15 is 0 Å². The van der Waals surface area contributed by atoms with Crippen molar-refractivity contribution in [2.45, 2.75) is 6.10 Å². The number of hydrogen-bond acceptors (Lipinski definition) is 1. The highest BCUT2D eigenvalue weighted by Crippen LogP contribution is 2.05. The molecule has 1 fully saturated rings. The molecule has 0 aliphatic carbocycles. The van der Waals surface area contributed by atoms with Gasteiger partial charge in [-0.2, -0.15) is 0 Å². The highest BCUT2D eigenvalue weighted by molar-refractivity contribution is 4.64. The molecule has 1 aliphatic heterocycles. The maximum atomic E-state index is 4.75. The number of hydrogen-bond donors (Lipinski definition) is 0. The Balaban J connectivity index is 2.00. The van der Waals surface area contributed by atoms with Crippen LogP contribution in [0.4, 0.5) is 0 Å². The summed E-state index contributed by atoms with van der Waals surface area (Å²) in [4.78, 5) is 0. The molecule has 30 valence electrons. The van der Waals surface area contributed by atoms with Crippen LogP contribution in [-0.4, -0.2) is 18.6 Å². The minimum Gasteiger partial charge on any atom is -0.367 e. The fourth-order valence-electron chi connectivity index (χ4n) is 0.164. The van der Waals surface area contributed by atoms with Gasteiger partial charge in [0, 0.05) is 0 Å². The zero-order valence-electron chi connectivity index (χ0n) is 2.81. The van der Waals surface area contributed by atoms with E-state index in [-0.39, 0.29) is 0 Å². The van der Waals surface area contributed by atoms with Crippen molar-refractivity contribution < 1.29 is 16.3 Å². The first-order chi connectivity index (χ1) is 2.43. The molecule has 0 radical (unpaired) electrons. The number of alkyl halides is 1. The van der Waals surface area contributed by atoms with Crippen molar-refractivity contribution in [1.29, 1.82) is 0 Å². The molecule has 0 saturated carbocycles. The van der Waals surface area contributed by atoms with Gasteiger partial charge in [-0.25, -0.2) is 0 Å². The van der Waals surface area contributed by atoms with Crippen LogP contribution < -0.4 is 0 Å². The van der Waals surface area contributed by atoms with Crippen LogP contribution in [0.15, 0.2) is 0 Å². The Morgan fingerprint density at radius 1 is 2.00 bits per heavy atom. The summed E-state index contributed by atoms with van der Waals surface area (Å²) in [7, 11) is 0. The van der Waals surface area contributed by atoms with E-state index in [4.69, 9.17) is 4.74 Å². The van der Waals surface area contributed by atoms with Crippen molar-refractivity contribution in [2.75, 3.05) is 12.5 Å². The number of rotatable bonds is 1.